The molecule has 0 amide bonds. The summed E-state index contributed by atoms with van der Waals surface area (Å²) in [5.74, 6) is 0. The van der Waals surface area contributed by atoms with Crippen LogP contribution < -0.4 is 5.32 Å². The van der Waals surface area contributed by atoms with Gasteiger partial charge in [0.05, 0.1) is 0 Å². The van der Waals surface area contributed by atoms with E-state index < -0.39 is 0 Å². The van der Waals surface area contributed by atoms with Gasteiger partial charge in [0.25, 0.3) is 0 Å². The lowest BCUT2D eigenvalue weighted by Gasteiger charge is -2.11. The van der Waals surface area contributed by atoms with Crippen molar-refractivity contribution in [3.8, 4) is 0 Å². The molecule has 1 aromatic rings. The Kier molecular flexibility index (Phi) is 2.65. The van der Waals surface area contributed by atoms with Crippen molar-refractivity contribution in [2.75, 3.05) is 0 Å². The topological polar surface area (TPSA) is 12.0 Å². The summed E-state index contributed by atoms with van der Waals surface area (Å²) in [7, 11) is 0. The molecule has 1 nitrogen and oxygen atoms in total. The zero-order valence-electron chi connectivity index (χ0n) is 8.16. The second kappa shape index (κ2) is 3.93. The van der Waals surface area contributed by atoms with E-state index in [1.807, 2.05) is 0 Å². The second-order valence-corrected chi connectivity index (χ2v) is 4.03. The van der Waals surface area contributed by atoms with Gasteiger partial charge >= 0.3 is 0 Å². The summed E-state index contributed by atoms with van der Waals surface area (Å²) < 4.78 is 0. The van der Waals surface area contributed by atoms with Crippen LogP contribution in [0.25, 0.3) is 0 Å². The fourth-order valence-corrected chi connectivity index (χ4v) is 2.08. The molecule has 1 aromatic carbocycles. The summed E-state index contributed by atoms with van der Waals surface area (Å²) in [6.45, 7) is 2.27. The maximum atomic E-state index is 3.60. The van der Waals surface area contributed by atoms with Gasteiger partial charge in [0.2, 0.25) is 0 Å². The van der Waals surface area contributed by atoms with Crippen LogP contribution in [0.15, 0.2) is 30.3 Å². The van der Waals surface area contributed by atoms with Crippen molar-refractivity contribution < 1.29 is 0 Å². The summed E-state index contributed by atoms with van der Waals surface area (Å²) in [5.41, 5.74) is 1.45. The predicted molar refractivity (Wildman–Crippen MR) is 55.8 cm³/mol. The first kappa shape index (κ1) is 8.76. The molecule has 1 heterocycles. The fraction of sp³-hybridized carbons (Fsp3) is 0.500. The quantitative estimate of drug-likeness (QED) is 0.727. The standard InChI is InChI=1S/C12H17N/c1-10-7-8-12(13-10)9-11-5-3-2-4-6-11/h2-6,10,12-13H,7-9H2,1H3. The molecule has 0 bridgehead atoms. The van der Waals surface area contributed by atoms with Gasteiger partial charge in [-0.05, 0) is 31.7 Å². The van der Waals surface area contributed by atoms with Gasteiger partial charge in [0.1, 0.15) is 0 Å². The summed E-state index contributed by atoms with van der Waals surface area (Å²) in [6, 6.07) is 12.2. The number of rotatable bonds is 2. The molecule has 13 heavy (non-hydrogen) atoms. The highest BCUT2D eigenvalue weighted by molar-refractivity contribution is 5.16. The Hall–Kier alpha value is -0.820. The van der Waals surface area contributed by atoms with Gasteiger partial charge in [-0.1, -0.05) is 30.3 Å². The van der Waals surface area contributed by atoms with Crippen molar-refractivity contribution in [2.45, 2.75) is 38.3 Å². The van der Waals surface area contributed by atoms with Crippen LogP contribution in [0.3, 0.4) is 0 Å². The van der Waals surface area contributed by atoms with Gasteiger partial charge in [-0.2, -0.15) is 0 Å². The monoisotopic (exact) mass is 175 g/mol. The fourth-order valence-electron chi connectivity index (χ4n) is 2.08. The highest BCUT2D eigenvalue weighted by atomic mass is 15.0. The van der Waals surface area contributed by atoms with Crippen LogP contribution in [-0.2, 0) is 6.42 Å². The molecule has 2 atom stereocenters. The number of nitrogens with one attached hydrogen (secondary N) is 1. The van der Waals surface area contributed by atoms with Crippen LogP contribution in [0.2, 0.25) is 0 Å². The Labute approximate surface area is 80.2 Å². The zero-order chi connectivity index (χ0) is 9.10. The van der Waals surface area contributed by atoms with Crippen molar-refractivity contribution in [3.63, 3.8) is 0 Å². The Morgan fingerprint density at radius 1 is 1.23 bits per heavy atom. The van der Waals surface area contributed by atoms with Crippen molar-refractivity contribution >= 4 is 0 Å². The van der Waals surface area contributed by atoms with E-state index in [9.17, 15) is 0 Å². The molecule has 0 saturated carbocycles. The molecule has 1 saturated heterocycles. The van der Waals surface area contributed by atoms with E-state index in [1.54, 1.807) is 0 Å². The molecule has 2 rings (SSSR count). The minimum Gasteiger partial charge on any atom is -0.311 e. The van der Waals surface area contributed by atoms with E-state index in [0.29, 0.717) is 12.1 Å². The number of hydrogen-bond acceptors (Lipinski definition) is 1. The van der Waals surface area contributed by atoms with Crippen molar-refractivity contribution in [1.29, 1.82) is 0 Å². The molecule has 1 fully saturated rings. The first-order chi connectivity index (χ1) is 6.34. The van der Waals surface area contributed by atoms with Gasteiger partial charge in [-0.3, -0.25) is 0 Å². The van der Waals surface area contributed by atoms with Crippen molar-refractivity contribution in [3.05, 3.63) is 35.9 Å². The second-order valence-electron chi connectivity index (χ2n) is 4.03. The van der Waals surface area contributed by atoms with E-state index in [-0.39, 0.29) is 0 Å². The van der Waals surface area contributed by atoms with Gasteiger partial charge in [-0.25, -0.2) is 0 Å². The summed E-state index contributed by atoms with van der Waals surface area (Å²) in [5, 5.41) is 3.60. The average molecular weight is 175 g/mol. The van der Waals surface area contributed by atoms with Crippen LogP contribution in [0.1, 0.15) is 25.3 Å². The Bertz CT molecular complexity index is 255. The third-order valence-corrected chi connectivity index (χ3v) is 2.79. The first-order valence-electron chi connectivity index (χ1n) is 5.14. The third-order valence-electron chi connectivity index (χ3n) is 2.79. The Morgan fingerprint density at radius 2 is 2.00 bits per heavy atom. The molecule has 2 unspecified atom stereocenters. The van der Waals surface area contributed by atoms with E-state index in [1.165, 1.54) is 24.8 Å². The summed E-state index contributed by atoms with van der Waals surface area (Å²) in [6.07, 6.45) is 3.85. The van der Waals surface area contributed by atoms with Crippen LogP contribution >= 0.6 is 0 Å². The van der Waals surface area contributed by atoms with Gasteiger partial charge in [-0.15, -0.1) is 0 Å². The zero-order valence-corrected chi connectivity index (χ0v) is 8.16. The highest BCUT2D eigenvalue weighted by Gasteiger charge is 2.19. The van der Waals surface area contributed by atoms with Crippen LogP contribution in [0.5, 0.6) is 0 Å². The van der Waals surface area contributed by atoms with Crippen molar-refractivity contribution in [2.24, 2.45) is 0 Å². The minimum atomic E-state index is 0.706. The number of hydrogen-bond donors (Lipinski definition) is 1. The summed E-state index contributed by atoms with van der Waals surface area (Å²) in [4.78, 5) is 0. The molecular weight excluding hydrogens is 158 g/mol. The molecule has 1 aliphatic rings. The van der Waals surface area contributed by atoms with Crippen LogP contribution in [0.4, 0.5) is 0 Å². The normalized spacial score (nSPS) is 27.8. The third kappa shape index (κ3) is 2.31. The molecule has 1 heteroatoms. The smallest absolute Gasteiger partial charge is 0.0110 e. The van der Waals surface area contributed by atoms with Crippen LogP contribution in [0, 0.1) is 0 Å². The molecule has 0 radical (unpaired) electrons. The largest absolute Gasteiger partial charge is 0.311 e. The lowest BCUT2D eigenvalue weighted by molar-refractivity contribution is 0.558. The lowest BCUT2D eigenvalue weighted by atomic mass is 10.1. The number of benzene rings is 1. The van der Waals surface area contributed by atoms with E-state index in [4.69, 9.17) is 0 Å². The van der Waals surface area contributed by atoms with E-state index >= 15 is 0 Å². The van der Waals surface area contributed by atoms with Gasteiger partial charge in [0, 0.05) is 12.1 Å². The minimum absolute atomic E-state index is 0.706. The average Bonchev–Trinajstić information content (AvgIpc) is 2.53. The van der Waals surface area contributed by atoms with Gasteiger partial charge in [0.15, 0.2) is 0 Å². The summed E-state index contributed by atoms with van der Waals surface area (Å²) >= 11 is 0. The highest BCUT2D eigenvalue weighted by Crippen LogP contribution is 2.15. The van der Waals surface area contributed by atoms with E-state index in [2.05, 4.69) is 42.6 Å². The van der Waals surface area contributed by atoms with Gasteiger partial charge < -0.3 is 5.32 Å². The molecule has 1 N–H and O–H groups in total. The maximum absolute atomic E-state index is 3.60. The molecular formula is C12H17N. The van der Waals surface area contributed by atoms with Crippen LogP contribution in [-0.4, -0.2) is 12.1 Å². The molecule has 70 valence electrons. The van der Waals surface area contributed by atoms with E-state index in [0.717, 1.165) is 0 Å². The molecule has 0 aromatic heterocycles. The Morgan fingerprint density at radius 3 is 2.62 bits per heavy atom. The predicted octanol–water partition coefficient (Wildman–Crippen LogP) is 2.37. The SMILES string of the molecule is CC1CCC(Cc2ccccc2)N1. The molecule has 0 spiro atoms. The maximum Gasteiger partial charge on any atom is 0.0110 e. The Balaban J connectivity index is 1.92. The molecule has 0 aliphatic carbocycles. The lowest BCUT2D eigenvalue weighted by Crippen LogP contribution is -2.28. The molecule has 1 aliphatic heterocycles. The van der Waals surface area contributed by atoms with Crippen molar-refractivity contribution in [1.82, 2.24) is 5.32 Å². The first-order valence-corrected chi connectivity index (χ1v) is 5.14.